The Morgan fingerprint density at radius 2 is 1.80 bits per heavy atom. The molecule has 4 nitrogen and oxygen atoms in total. The first-order valence-corrected chi connectivity index (χ1v) is 9.82. The van der Waals surface area contributed by atoms with Gasteiger partial charge in [0.2, 0.25) is 5.91 Å². The second kappa shape index (κ2) is 10.8. The number of hydrogen-bond donors (Lipinski definition) is 2. The second-order valence-corrected chi connectivity index (χ2v) is 6.73. The number of rotatable bonds is 10. The molecule has 0 aromatic heterocycles. The Hall–Kier alpha value is -1.98. The van der Waals surface area contributed by atoms with E-state index in [0.717, 1.165) is 29.1 Å². The lowest BCUT2D eigenvalue weighted by Gasteiger charge is -2.17. The molecule has 0 spiro atoms. The van der Waals surface area contributed by atoms with Crippen molar-refractivity contribution in [2.45, 2.75) is 25.6 Å². The van der Waals surface area contributed by atoms with E-state index in [1.807, 2.05) is 54.6 Å². The molecule has 0 bridgehead atoms. The first-order chi connectivity index (χ1) is 12.2. The van der Waals surface area contributed by atoms with Crippen molar-refractivity contribution in [2.75, 3.05) is 19.1 Å². The van der Waals surface area contributed by atoms with Crippen LogP contribution in [0.5, 0.6) is 5.75 Å². The van der Waals surface area contributed by atoms with E-state index >= 15 is 0 Å². The molecule has 2 aromatic carbocycles. The summed E-state index contributed by atoms with van der Waals surface area (Å²) in [6, 6.07) is 17.9. The summed E-state index contributed by atoms with van der Waals surface area (Å²) in [5.74, 6) is 1.84. The molecule has 0 heterocycles. The zero-order chi connectivity index (χ0) is 17.9. The number of carbonyl (C=O) groups excluding carboxylic acids is 1. The maximum Gasteiger partial charge on any atom is 0.236 e. The Bertz CT molecular complexity index is 632. The monoisotopic (exact) mass is 358 g/mol. The Balaban J connectivity index is 1.83. The van der Waals surface area contributed by atoms with Gasteiger partial charge in [-0.3, -0.25) is 4.79 Å². The van der Waals surface area contributed by atoms with Crippen LogP contribution in [0, 0.1) is 0 Å². The lowest BCUT2D eigenvalue weighted by molar-refractivity contribution is -0.122. The van der Waals surface area contributed by atoms with Gasteiger partial charge in [0.1, 0.15) is 12.4 Å². The van der Waals surface area contributed by atoms with Crippen molar-refractivity contribution in [1.29, 1.82) is 0 Å². The first-order valence-electron chi connectivity index (χ1n) is 8.42. The Kier molecular flexibility index (Phi) is 8.35. The summed E-state index contributed by atoms with van der Waals surface area (Å²) in [6.45, 7) is 1.22. The molecular weight excluding hydrogens is 332 g/mol. The molecule has 0 aliphatic carbocycles. The normalized spacial score (nSPS) is 11.8. The highest BCUT2D eigenvalue weighted by Crippen LogP contribution is 2.14. The van der Waals surface area contributed by atoms with Crippen molar-refractivity contribution in [3.05, 3.63) is 65.7 Å². The van der Waals surface area contributed by atoms with Crippen LogP contribution in [-0.2, 0) is 17.9 Å². The van der Waals surface area contributed by atoms with Crippen molar-refractivity contribution in [1.82, 2.24) is 10.6 Å². The highest BCUT2D eigenvalue weighted by Gasteiger charge is 2.15. The summed E-state index contributed by atoms with van der Waals surface area (Å²) in [6.07, 6.45) is 2.87. The van der Waals surface area contributed by atoms with E-state index in [4.69, 9.17) is 4.74 Å². The van der Waals surface area contributed by atoms with E-state index in [1.165, 1.54) is 0 Å². The molecule has 0 fully saturated rings. The molecule has 2 N–H and O–H groups in total. The predicted molar refractivity (Wildman–Crippen MR) is 105 cm³/mol. The fourth-order valence-electron chi connectivity index (χ4n) is 2.42. The molecule has 0 saturated heterocycles. The fraction of sp³-hybridized carbons (Fsp3) is 0.350. The molecule has 2 rings (SSSR count). The summed E-state index contributed by atoms with van der Waals surface area (Å²) in [4.78, 5) is 11.9. The molecule has 1 atom stereocenters. The summed E-state index contributed by atoms with van der Waals surface area (Å²) >= 11 is 1.75. The van der Waals surface area contributed by atoms with E-state index < -0.39 is 0 Å². The van der Waals surface area contributed by atoms with Crippen molar-refractivity contribution in [3.63, 3.8) is 0 Å². The van der Waals surface area contributed by atoms with Gasteiger partial charge < -0.3 is 15.4 Å². The third-order valence-corrected chi connectivity index (χ3v) is 4.54. The Labute approximate surface area is 154 Å². The molecular formula is C20H26N2O2S. The molecule has 134 valence electrons. The molecule has 0 aliphatic heterocycles. The summed E-state index contributed by atoms with van der Waals surface area (Å²) in [5, 5.41) is 6.05. The minimum atomic E-state index is -0.161. The number of carbonyl (C=O) groups is 1. The van der Waals surface area contributed by atoms with Crippen LogP contribution in [-0.4, -0.2) is 31.0 Å². The van der Waals surface area contributed by atoms with Crippen molar-refractivity contribution >= 4 is 17.7 Å². The largest absolute Gasteiger partial charge is 0.489 e. The third kappa shape index (κ3) is 6.80. The van der Waals surface area contributed by atoms with Gasteiger partial charge in [0.05, 0.1) is 6.04 Å². The third-order valence-electron chi connectivity index (χ3n) is 3.90. The van der Waals surface area contributed by atoms with Crippen LogP contribution in [0.25, 0.3) is 0 Å². The standard InChI is InChI=1S/C20H26N2O2S/c1-21-20(23)19(12-13-25-2)22-14-16-8-10-18(11-9-16)24-15-17-6-4-3-5-7-17/h3-11,19,22H,12-15H2,1-2H3,(H,21,23)/t19-/m0/s1. The second-order valence-electron chi connectivity index (χ2n) is 5.75. The maximum absolute atomic E-state index is 11.9. The van der Waals surface area contributed by atoms with E-state index in [-0.39, 0.29) is 11.9 Å². The van der Waals surface area contributed by atoms with Crippen LogP contribution in [0.15, 0.2) is 54.6 Å². The quantitative estimate of drug-likeness (QED) is 0.685. The summed E-state index contributed by atoms with van der Waals surface area (Å²) in [5.41, 5.74) is 2.28. The Morgan fingerprint density at radius 3 is 2.44 bits per heavy atom. The van der Waals surface area contributed by atoms with E-state index in [1.54, 1.807) is 18.8 Å². The highest BCUT2D eigenvalue weighted by atomic mass is 32.2. The average molecular weight is 359 g/mol. The molecule has 0 radical (unpaired) electrons. The van der Waals surface area contributed by atoms with Gasteiger partial charge in [-0.25, -0.2) is 0 Å². The molecule has 0 unspecified atom stereocenters. The average Bonchev–Trinajstić information content (AvgIpc) is 2.67. The van der Waals surface area contributed by atoms with E-state index in [0.29, 0.717) is 13.2 Å². The highest BCUT2D eigenvalue weighted by molar-refractivity contribution is 7.98. The van der Waals surface area contributed by atoms with Gasteiger partial charge in [0, 0.05) is 13.6 Å². The van der Waals surface area contributed by atoms with Crippen LogP contribution >= 0.6 is 11.8 Å². The predicted octanol–water partition coefficient (Wildman–Crippen LogP) is 3.22. The lowest BCUT2D eigenvalue weighted by Crippen LogP contribution is -2.42. The maximum atomic E-state index is 11.9. The van der Waals surface area contributed by atoms with Gasteiger partial charge >= 0.3 is 0 Å². The van der Waals surface area contributed by atoms with Crippen LogP contribution in [0.2, 0.25) is 0 Å². The number of amides is 1. The lowest BCUT2D eigenvalue weighted by atomic mass is 10.1. The van der Waals surface area contributed by atoms with Crippen LogP contribution < -0.4 is 15.4 Å². The van der Waals surface area contributed by atoms with E-state index in [2.05, 4.69) is 16.9 Å². The smallest absolute Gasteiger partial charge is 0.236 e. The van der Waals surface area contributed by atoms with Crippen molar-refractivity contribution in [3.8, 4) is 5.75 Å². The molecule has 1 amide bonds. The van der Waals surface area contributed by atoms with Crippen LogP contribution in [0.1, 0.15) is 17.5 Å². The zero-order valence-electron chi connectivity index (χ0n) is 14.8. The number of benzene rings is 2. The van der Waals surface area contributed by atoms with Crippen LogP contribution in [0.4, 0.5) is 0 Å². The molecule has 0 saturated carbocycles. The Morgan fingerprint density at radius 1 is 1.08 bits per heavy atom. The minimum Gasteiger partial charge on any atom is -0.489 e. The topological polar surface area (TPSA) is 50.4 Å². The number of likely N-dealkylation sites (N-methyl/N-ethyl adjacent to an activating group) is 1. The summed E-state index contributed by atoms with van der Waals surface area (Å²) < 4.78 is 5.79. The van der Waals surface area contributed by atoms with Gasteiger partial charge in [0.25, 0.3) is 0 Å². The first kappa shape index (κ1) is 19.3. The van der Waals surface area contributed by atoms with Crippen LogP contribution in [0.3, 0.4) is 0 Å². The molecule has 0 aliphatic rings. The van der Waals surface area contributed by atoms with Crippen molar-refractivity contribution < 1.29 is 9.53 Å². The van der Waals surface area contributed by atoms with Crippen molar-refractivity contribution in [2.24, 2.45) is 0 Å². The molecule has 5 heteroatoms. The SMILES string of the molecule is CNC(=O)[C@H](CCSC)NCc1ccc(OCc2ccccc2)cc1. The van der Waals surface area contributed by atoms with Gasteiger partial charge in [-0.2, -0.15) is 11.8 Å². The van der Waals surface area contributed by atoms with Gasteiger partial charge in [-0.05, 0) is 41.7 Å². The fourth-order valence-corrected chi connectivity index (χ4v) is 2.89. The zero-order valence-corrected chi connectivity index (χ0v) is 15.6. The van der Waals surface area contributed by atoms with Gasteiger partial charge in [-0.1, -0.05) is 42.5 Å². The molecule has 25 heavy (non-hydrogen) atoms. The number of thioether (sulfide) groups is 1. The minimum absolute atomic E-state index is 0.0388. The van der Waals surface area contributed by atoms with Gasteiger partial charge in [0.15, 0.2) is 0 Å². The number of hydrogen-bond acceptors (Lipinski definition) is 4. The number of nitrogens with one attached hydrogen (secondary N) is 2. The van der Waals surface area contributed by atoms with Gasteiger partial charge in [-0.15, -0.1) is 0 Å². The number of ether oxygens (including phenoxy) is 1. The summed E-state index contributed by atoms with van der Waals surface area (Å²) in [7, 11) is 1.68. The molecule has 2 aromatic rings. The van der Waals surface area contributed by atoms with E-state index in [9.17, 15) is 4.79 Å².